The number of nitrogens with zero attached hydrogens (tertiary/aromatic N) is 1. The molecule has 0 saturated carbocycles. The molecule has 0 spiro atoms. The van der Waals surface area contributed by atoms with Gasteiger partial charge in [0.05, 0.1) is 24.5 Å². The van der Waals surface area contributed by atoms with E-state index in [2.05, 4.69) is 5.16 Å². The van der Waals surface area contributed by atoms with Gasteiger partial charge in [0, 0.05) is 24.0 Å². The number of rotatable bonds is 16. The molecule has 0 saturated heterocycles. The van der Waals surface area contributed by atoms with E-state index < -0.39 is 5.97 Å². The summed E-state index contributed by atoms with van der Waals surface area (Å²) >= 11 is 0. The Kier molecular flexibility index (Phi) is 12.2. The zero-order valence-electron chi connectivity index (χ0n) is 24.3. The van der Waals surface area contributed by atoms with Gasteiger partial charge in [0.25, 0.3) is 0 Å². The maximum absolute atomic E-state index is 11.8. The maximum atomic E-state index is 11.8. The largest absolute Gasteiger partial charge is 0.507 e. The van der Waals surface area contributed by atoms with Crippen molar-refractivity contribution in [1.82, 2.24) is 0 Å². The Hall–Kier alpha value is -4.33. The summed E-state index contributed by atoms with van der Waals surface area (Å²) in [5.41, 5.74) is 4.55. The molecule has 0 fully saturated rings. The van der Waals surface area contributed by atoms with Gasteiger partial charge in [-0.1, -0.05) is 48.8 Å². The first kappa shape index (κ1) is 31.2. The van der Waals surface area contributed by atoms with Crippen molar-refractivity contribution < 1.29 is 33.7 Å². The molecule has 0 aliphatic carbocycles. The second-order valence-electron chi connectivity index (χ2n) is 9.55. The highest BCUT2D eigenvalue weighted by molar-refractivity contribution is 6.02. The Morgan fingerprint density at radius 1 is 0.927 bits per heavy atom. The van der Waals surface area contributed by atoms with Crippen LogP contribution in [0.3, 0.4) is 0 Å². The molecule has 8 heteroatoms. The van der Waals surface area contributed by atoms with Crippen molar-refractivity contribution in [3.05, 3.63) is 88.5 Å². The molecule has 1 N–H and O–H groups in total. The number of phenols is 1. The van der Waals surface area contributed by atoms with Crippen LogP contribution in [0.15, 0.2) is 65.8 Å². The highest BCUT2D eigenvalue weighted by atomic mass is 16.6. The second-order valence-corrected chi connectivity index (χ2v) is 9.55. The number of carbonyl (C=O) groups excluding carboxylic acids is 2. The van der Waals surface area contributed by atoms with Crippen molar-refractivity contribution in [3.8, 4) is 17.2 Å². The summed E-state index contributed by atoms with van der Waals surface area (Å²) in [6, 6.07) is 19.0. The molecular formula is C33H39NO7. The molecule has 3 aromatic rings. The van der Waals surface area contributed by atoms with Crippen LogP contribution in [0.1, 0.15) is 66.2 Å². The maximum Gasteiger partial charge on any atom is 0.344 e. The van der Waals surface area contributed by atoms with Gasteiger partial charge >= 0.3 is 5.97 Å². The monoisotopic (exact) mass is 561 g/mol. The Morgan fingerprint density at radius 2 is 1.68 bits per heavy atom. The van der Waals surface area contributed by atoms with Crippen molar-refractivity contribution in [2.45, 2.75) is 53.4 Å². The third-order valence-corrected chi connectivity index (χ3v) is 6.30. The zero-order chi connectivity index (χ0) is 29.6. The normalized spacial score (nSPS) is 11.2. The lowest BCUT2D eigenvalue weighted by Gasteiger charge is -2.14. The standard InChI is InChI=1S/C33H39NO7/c1-5-11-28-31(17-15-27(24(4)35)33(28)37)39-18-10-19-41-34-29(21-25-12-8-7-9-13-25)26-14-16-30(23(3)20-26)40-22-32(36)38-6-2/h7-9,12-17,20,37H,5-6,10-11,18-19,21-22H2,1-4H3/b34-29+. The van der Waals surface area contributed by atoms with Crippen LogP contribution in [-0.4, -0.2) is 49.0 Å². The van der Waals surface area contributed by atoms with Crippen molar-refractivity contribution in [1.29, 1.82) is 0 Å². The van der Waals surface area contributed by atoms with Crippen LogP contribution in [0.5, 0.6) is 17.2 Å². The number of benzene rings is 3. The minimum atomic E-state index is -0.411. The SMILES string of the molecule is CCCc1c(OCCCO/N=C(\Cc2ccccc2)c2ccc(OCC(=O)OCC)c(C)c2)ccc(C(C)=O)c1O. The van der Waals surface area contributed by atoms with Crippen molar-refractivity contribution in [2.75, 3.05) is 26.4 Å². The number of hydrogen-bond acceptors (Lipinski definition) is 8. The average Bonchev–Trinajstić information content (AvgIpc) is 2.95. The van der Waals surface area contributed by atoms with E-state index in [1.165, 1.54) is 6.92 Å². The van der Waals surface area contributed by atoms with E-state index >= 15 is 0 Å². The number of Topliss-reactive ketones (excluding diaryl/α,β-unsaturated/α-hetero) is 1. The van der Waals surface area contributed by atoms with E-state index in [0.717, 1.165) is 28.8 Å². The van der Waals surface area contributed by atoms with Crippen molar-refractivity contribution >= 4 is 17.5 Å². The molecule has 0 unspecified atom stereocenters. The van der Waals surface area contributed by atoms with Crippen LogP contribution in [0.4, 0.5) is 0 Å². The van der Waals surface area contributed by atoms with Gasteiger partial charge in [0.15, 0.2) is 12.4 Å². The van der Waals surface area contributed by atoms with Gasteiger partial charge in [-0.3, -0.25) is 4.79 Å². The quantitative estimate of drug-likeness (QED) is 0.0727. The number of aryl methyl sites for hydroxylation is 1. The van der Waals surface area contributed by atoms with Crippen molar-refractivity contribution in [3.63, 3.8) is 0 Å². The van der Waals surface area contributed by atoms with Crippen LogP contribution in [0, 0.1) is 6.92 Å². The van der Waals surface area contributed by atoms with Gasteiger partial charge in [-0.05, 0) is 68.7 Å². The van der Waals surface area contributed by atoms with Gasteiger partial charge in [0.1, 0.15) is 23.9 Å². The van der Waals surface area contributed by atoms with E-state index in [1.807, 2.05) is 62.4 Å². The van der Waals surface area contributed by atoms with E-state index in [9.17, 15) is 14.7 Å². The van der Waals surface area contributed by atoms with E-state index in [4.69, 9.17) is 19.0 Å². The minimum absolute atomic E-state index is 0.00384. The second kappa shape index (κ2) is 16.1. The molecule has 218 valence electrons. The van der Waals surface area contributed by atoms with Crippen LogP contribution in [0.2, 0.25) is 0 Å². The molecule has 41 heavy (non-hydrogen) atoms. The molecule has 0 aliphatic heterocycles. The molecule has 0 aromatic heterocycles. The van der Waals surface area contributed by atoms with Gasteiger partial charge in [-0.15, -0.1) is 0 Å². The van der Waals surface area contributed by atoms with E-state index in [-0.39, 0.29) is 18.1 Å². The number of hydrogen-bond donors (Lipinski definition) is 1. The average molecular weight is 562 g/mol. The summed E-state index contributed by atoms with van der Waals surface area (Å²) in [6.07, 6.45) is 2.56. The van der Waals surface area contributed by atoms with Crippen LogP contribution in [0.25, 0.3) is 0 Å². The first-order valence-electron chi connectivity index (χ1n) is 13.9. The topological polar surface area (TPSA) is 104 Å². The number of ketones is 1. The fourth-order valence-corrected chi connectivity index (χ4v) is 4.26. The third kappa shape index (κ3) is 9.38. The third-order valence-electron chi connectivity index (χ3n) is 6.30. The summed E-state index contributed by atoms with van der Waals surface area (Å²) in [4.78, 5) is 29.2. The van der Waals surface area contributed by atoms with Crippen LogP contribution < -0.4 is 9.47 Å². The fourth-order valence-electron chi connectivity index (χ4n) is 4.26. The lowest BCUT2D eigenvalue weighted by Crippen LogP contribution is -2.15. The zero-order valence-corrected chi connectivity index (χ0v) is 24.3. The first-order chi connectivity index (χ1) is 19.8. The molecule has 0 bridgehead atoms. The summed E-state index contributed by atoms with van der Waals surface area (Å²) in [7, 11) is 0. The Morgan fingerprint density at radius 3 is 2.37 bits per heavy atom. The van der Waals surface area contributed by atoms with Gasteiger partial charge < -0.3 is 24.2 Å². The molecule has 0 aliphatic rings. The van der Waals surface area contributed by atoms with Crippen LogP contribution in [-0.2, 0) is 27.2 Å². The summed E-state index contributed by atoms with van der Waals surface area (Å²) in [5, 5.41) is 15.0. The smallest absolute Gasteiger partial charge is 0.344 e. The predicted octanol–water partition coefficient (Wildman–Crippen LogP) is 6.23. The number of ether oxygens (including phenoxy) is 3. The molecule has 0 atom stereocenters. The van der Waals surface area contributed by atoms with E-state index in [0.29, 0.717) is 61.7 Å². The first-order valence-corrected chi connectivity index (χ1v) is 13.9. The summed E-state index contributed by atoms with van der Waals surface area (Å²) < 4.78 is 16.5. The Bertz CT molecular complexity index is 1330. The number of oxime groups is 1. The minimum Gasteiger partial charge on any atom is -0.507 e. The number of esters is 1. The molecule has 0 radical (unpaired) electrons. The number of phenolic OH excluding ortho intramolecular Hbond substituents is 1. The Balaban J connectivity index is 1.65. The van der Waals surface area contributed by atoms with Crippen molar-refractivity contribution in [2.24, 2.45) is 5.16 Å². The molecule has 0 heterocycles. The van der Waals surface area contributed by atoms with Gasteiger partial charge in [-0.25, -0.2) is 4.79 Å². The highest BCUT2D eigenvalue weighted by Gasteiger charge is 2.16. The summed E-state index contributed by atoms with van der Waals surface area (Å²) in [6.45, 7) is 7.97. The van der Waals surface area contributed by atoms with Crippen LogP contribution >= 0.6 is 0 Å². The predicted molar refractivity (Wildman–Crippen MR) is 158 cm³/mol. The lowest BCUT2D eigenvalue weighted by atomic mass is 10.0. The molecular weight excluding hydrogens is 522 g/mol. The lowest BCUT2D eigenvalue weighted by molar-refractivity contribution is -0.145. The Labute approximate surface area is 241 Å². The van der Waals surface area contributed by atoms with Gasteiger partial charge in [0.2, 0.25) is 0 Å². The number of aromatic hydroxyl groups is 1. The molecule has 0 amide bonds. The van der Waals surface area contributed by atoms with Gasteiger partial charge in [-0.2, -0.15) is 0 Å². The van der Waals surface area contributed by atoms with E-state index in [1.54, 1.807) is 19.1 Å². The fraction of sp³-hybridized carbons (Fsp3) is 0.364. The molecule has 3 rings (SSSR count). The molecule has 3 aromatic carbocycles. The highest BCUT2D eigenvalue weighted by Crippen LogP contribution is 2.33. The molecule has 8 nitrogen and oxygen atoms in total. The number of carbonyl (C=O) groups is 2. The summed E-state index contributed by atoms with van der Waals surface area (Å²) in [5.74, 6) is 0.576.